The number of hydrogen-bond acceptors (Lipinski definition) is 9. The topological polar surface area (TPSA) is 157 Å². The number of carbonyl (C=O) groups is 2. The summed E-state index contributed by atoms with van der Waals surface area (Å²) in [6.07, 6.45) is 0.949. The number of thioether (sulfide) groups is 1. The van der Waals surface area contributed by atoms with Crippen molar-refractivity contribution in [2.24, 2.45) is 10.2 Å². The Balaban J connectivity index is 1.74. The van der Waals surface area contributed by atoms with Crippen LogP contribution in [0.1, 0.15) is 12.2 Å². The maximum absolute atomic E-state index is 11.6. The number of aliphatic carboxylic acids is 1. The molecule has 1 aliphatic rings. The van der Waals surface area contributed by atoms with Gasteiger partial charge in [-0.2, -0.15) is 5.10 Å². The van der Waals surface area contributed by atoms with Crippen LogP contribution in [0.5, 0.6) is 5.75 Å². The van der Waals surface area contributed by atoms with Crippen LogP contribution < -0.4 is 10.1 Å². The summed E-state index contributed by atoms with van der Waals surface area (Å²) in [6.45, 7) is 0. The lowest BCUT2D eigenvalue weighted by Gasteiger charge is -2.03. The summed E-state index contributed by atoms with van der Waals surface area (Å²) in [5, 5.41) is 29.5. The molecule has 2 N–H and O–H groups in total. The van der Waals surface area contributed by atoms with Crippen LogP contribution in [0.4, 0.5) is 5.69 Å². The molecule has 1 atom stereocenters. The van der Waals surface area contributed by atoms with Crippen LogP contribution in [-0.4, -0.2) is 45.6 Å². The first-order chi connectivity index (χ1) is 13.9. The number of carboxylic acids is 1. The Morgan fingerprint density at radius 2 is 2.24 bits per heavy atom. The molecular formula is C17H14N4O7S. The molecule has 1 saturated heterocycles. The predicted octanol–water partition coefficient (Wildman–Crippen LogP) is 2.26. The van der Waals surface area contributed by atoms with Crippen LogP contribution in [0.3, 0.4) is 0 Å². The van der Waals surface area contributed by atoms with Crippen molar-refractivity contribution >= 4 is 40.7 Å². The van der Waals surface area contributed by atoms with Gasteiger partial charge in [-0.25, -0.2) is 0 Å². The van der Waals surface area contributed by atoms with Crippen molar-refractivity contribution in [2.75, 3.05) is 7.11 Å². The number of nitro benzene ring substituents is 1. The summed E-state index contributed by atoms with van der Waals surface area (Å²) in [5.74, 6) is -0.636. The van der Waals surface area contributed by atoms with Crippen molar-refractivity contribution < 1.29 is 28.8 Å². The van der Waals surface area contributed by atoms with Gasteiger partial charge in [0.2, 0.25) is 5.91 Å². The maximum atomic E-state index is 11.6. The molecule has 0 radical (unpaired) electrons. The van der Waals surface area contributed by atoms with Crippen molar-refractivity contribution in [3.8, 4) is 17.1 Å². The summed E-state index contributed by atoms with van der Waals surface area (Å²) in [4.78, 5) is 33.1. The van der Waals surface area contributed by atoms with Gasteiger partial charge in [0.1, 0.15) is 22.5 Å². The lowest BCUT2D eigenvalue weighted by Crippen LogP contribution is -2.26. The zero-order valence-corrected chi connectivity index (χ0v) is 15.7. The number of rotatable bonds is 7. The third-order valence-corrected chi connectivity index (χ3v) is 4.84. The Labute approximate surface area is 167 Å². The Kier molecular flexibility index (Phi) is 5.93. The van der Waals surface area contributed by atoms with Crippen molar-refractivity contribution in [1.29, 1.82) is 0 Å². The van der Waals surface area contributed by atoms with E-state index < -0.39 is 22.0 Å². The Hall–Kier alpha value is -3.67. The average molecular weight is 418 g/mol. The van der Waals surface area contributed by atoms with Gasteiger partial charge in [-0.1, -0.05) is 11.8 Å². The second-order valence-electron chi connectivity index (χ2n) is 5.69. The molecule has 2 heterocycles. The molecule has 11 nitrogen and oxygen atoms in total. The second kappa shape index (κ2) is 8.56. The summed E-state index contributed by atoms with van der Waals surface area (Å²) < 4.78 is 10.6. The highest BCUT2D eigenvalue weighted by molar-refractivity contribution is 8.15. The minimum absolute atomic E-state index is 0.169. The molecule has 1 aromatic carbocycles. The highest BCUT2D eigenvalue weighted by Gasteiger charge is 2.32. The molecule has 2 aromatic rings. The van der Waals surface area contributed by atoms with Gasteiger partial charge in [-0.3, -0.25) is 19.7 Å². The molecule has 3 rings (SSSR count). The molecule has 0 unspecified atom stereocenters. The van der Waals surface area contributed by atoms with Crippen molar-refractivity contribution in [1.82, 2.24) is 5.32 Å². The van der Waals surface area contributed by atoms with Crippen molar-refractivity contribution in [3.63, 3.8) is 0 Å². The molecule has 1 aromatic heterocycles. The van der Waals surface area contributed by atoms with E-state index in [1.807, 2.05) is 0 Å². The van der Waals surface area contributed by atoms with Crippen LogP contribution >= 0.6 is 11.8 Å². The minimum Gasteiger partial charge on any atom is -0.497 e. The molecule has 0 spiro atoms. The van der Waals surface area contributed by atoms with Gasteiger partial charge in [0.05, 0.1) is 36.3 Å². The SMILES string of the molecule is COc1ccc(-c2ccc(/C=N\N=C3\NC(=O)[C@H](CC(=O)O)S3)o2)c([N+](=O)[O-])c1. The van der Waals surface area contributed by atoms with Gasteiger partial charge in [0.15, 0.2) is 5.17 Å². The van der Waals surface area contributed by atoms with Gasteiger partial charge in [-0.05, 0) is 24.3 Å². The number of benzene rings is 1. The quantitative estimate of drug-likeness (QED) is 0.394. The minimum atomic E-state index is -1.09. The van der Waals surface area contributed by atoms with E-state index in [0.29, 0.717) is 5.75 Å². The molecule has 29 heavy (non-hydrogen) atoms. The van der Waals surface area contributed by atoms with E-state index in [1.165, 1.54) is 25.5 Å². The third kappa shape index (κ3) is 4.79. The summed E-state index contributed by atoms with van der Waals surface area (Å²) >= 11 is 0.970. The molecule has 12 heteroatoms. The molecular weight excluding hydrogens is 404 g/mol. The monoisotopic (exact) mass is 418 g/mol. The number of nitrogens with zero attached hydrogens (tertiary/aromatic N) is 3. The van der Waals surface area contributed by atoms with Gasteiger partial charge < -0.3 is 19.6 Å². The Morgan fingerprint density at radius 1 is 1.45 bits per heavy atom. The summed E-state index contributed by atoms with van der Waals surface area (Å²) in [6, 6.07) is 7.51. The first-order valence-corrected chi connectivity index (χ1v) is 8.98. The van der Waals surface area contributed by atoms with Crippen LogP contribution in [0, 0.1) is 10.1 Å². The lowest BCUT2D eigenvalue weighted by molar-refractivity contribution is -0.384. The number of nitro groups is 1. The normalized spacial score (nSPS) is 17.6. The number of amides is 1. The Morgan fingerprint density at radius 3 is 2.93 bits per heavy atom. The van der Waals surface area contributed by atoms with E-state index in [9.17, 15) is 19.7 Å². The standard InChI is InChI=1S/C17H14N4O7S/c1-27-9-2-4-11(12(6-9)21(25)26)13-5-3-10(28-13)8-18-20-17-19-16(24)14(29-17)7-15(22)23/h2-6,8,14H,7H2,1H3,(H,22,23)(H,19,20,24)/b18-8-/t14-/m0/s1. The molecule has 0 bridgehead atoms. The highest BCUT2D eigenvalue weighted by Crippen LogP contribution is 2.34. The van der Waals surface area contributed by atoms with Gasteiger partial charge in [0, 0.05) is 0 Å². The molecule has 0 saturated carbocycles. The fourth-order valence-corrected chi connectivity index (χ4v) is 3.36. The maximum Gasteiger partial charge on any atom is 0.305 e. The highest BCUT2D eigenvalue weighted by atomic mass is 32.2. The zero-order valence-electron chi connectivity index (χ0n) is 14.9. The van der Waals surface area contributed by atoms with E-state index in [4.69, 9.17) is 14.3 Å². The van der Waals surface area contributed by atoms with Gasteiger partial charge in [0.25, 0.3) is 5.69 Å². The summed E-state index contributed by atoms with van der Waals surface area (Å²) in [7, 11) is 1.41. The van der Waals surface area contributed by atoms with Crippen LogP contribution in [0.25, 0.3) is 11.3 Å². The fourth-order valence-electron chi connectivity index (χ4n) is 2.45. The second-order valence-corrected chi connectivity index (χ2v) is 6.88. The number of hydrogen-bond donors (Lipinski definition) is 2. The van der Waals surface area contributed by atoms with E-state index in [2.05, 4.69) is 15.5 Å². The molecule has 150 valence electrons. The van der Waals surface area contributed by atoms with E-state index in [1.54, 1.807) is 18.2 Å². The third-order valence-electron chi connectivity index (χ3n) is 3.76. The molecule has 0 aliphatic carbocycles. The number of methoxy groups -OCH3 is 1. The lowest BCUT2D eigenvalue weighted by atomic mass is 10.1. The molecule has 1 amide bonds. The average Bonchev–Trinajstić information content (AvgIpc) is 3.28. The van der Waals surface area contributed by atoms with Crippen molar-refractivity contribution in [3.05, 3.63) is 46.2 Å². The van der Waals surface area contributed by atoms with Crippen LogP contribution in [-0.2, 0) is 9.59 Å². The smallest absolute Gasteiger partial charge is 0.305 e. The van der Waals surface area contributed by atoms with Gasteiger partial charge >= 0.3 is 5.97 Å². The number of amidine groups is 1. The van der Waals surface area contributed by atoms with E-state index in [0.717, 1.165) is 11.8 Å². The number of carbonyl (C=O) groups excluding carboxylic acids is 1. The zero-order chi connectivity index (χ0) is 21.0. The number of carboxylic acid groups (broad SMARTS) is 1. The first kappa shape index (κ1) is 20.1. The van der Waals surface area contributed by atoms with Gasteiger partial charge in [-0.15, -0.1) is 5.10 Å². The van der Waals surface area contributed by atoms with E-state index in [-0.39, 0.29) is 34.4 Å². The number of nitrogens with one attached hydrogen (secondary N) is 1. The fraction of sp³-hybridized carbons (Fsp3) is 0.176. The number of furan rings is 1. The molecule has 1 aliphatic heterocycles. The van der Waals surface area contributed by atoms with Crippen LogP contribution in [0.2, 0.25) is 0 Å². The predicted molar refractivity (Wildman–Crippen MR) is 104 cm³/mol. The van der Waals surface area contributed by atoms with E-state index >= 15 is 0 Å². The Bertz CT molecular complexity index is 1030. The van der Waals surface area contributed by atoms with Crippen molar-refractivity contribution in [2.45, 2.75) is 11.7 Å². The largest absolute Gasteiger partial charge is 0.497 e. The summed E-state index contributed by atoms with van der Waals surface area (Å²) in [5.41, 5.74) is 0.105. The number of ether oxygens (including phenoxy) is 1. The van der Waals surface area contributed by atoms with Crippen LogP contribution in [0.15, 0.2) is 45.0 Å². The molecule has 1 fully saturated rings. The first-order valence-electron chi connectivity index (χ1n) is 8.10.